The van der Waals surface area contributed by atoms with Crippen LogP contribution in [0.2, 0.25) is 0 Å². The molecule has 3 nitrogen and oxygen atoms in total. The Balaban J connectivity index is 0.00000156. The van der Waals surface area contributed by atoms with Crippen LogP contribution < -0.4 is 4.74 Å². The lowest BCUT2D eigenvalue weighted by Crippen LogP contribution is -2.32. The molecule has 0 saturated heterocycles. The molecule has 0 N–H and O–H groups in total. The first kappa shape index (κ1) is 15.9. The maximum Gasteiger partial charge on any atom is 0.140 e. The highest BCUT2D eigenvalue weighted by atomic mass is 35.5. The fraction of sp³-hybridized carbons (Fsp3) is 0.263. The molecule has 0 fully saturated rings. The van der Waals surface area contributed by atoms with Crippen molar-refractivity contribution in [3.8, 4) is 5.75 Å². The normalized spacial score (nSPS) is 17.6. The molecule has 0 aliphatic carbocycles. The Kier molecular flexibility index (Phi) is 4.33. The van der Waals surface area contributed by atoms with Crippen molar-refractivity contribution < 1.29 is 9.15 Å². The van der Waals surface area contributed by atoms with Gasteiger partial charge in [-0.15, -0.1) is 12.4 Å². The Hall–Kier alpha value is -1.97. The van der Waals surface area contributed by atoms with E-state index in [2.05, 4.69) is 54.4 Å². The summed E-state index contributed by atoms with van der Waals surface area (Å²) in [5.74, 6) is 2.88. The van der Waals surface area contributed by atoms with Crippen molar-refractivity contribution in [2.24, 2.45) is 0 Å². The zero-order chi connectivity index (χ0) is 15.1. The molecular formula is C19H20ClNO2. The summed E-state index contributed by atoms with van der Waals surface area (Å²) in [6, 6.07) is 16.7. The summed E-state index contributed by atoms with van der Waals surface area (Å²) in [6.45, 7) is 3.71. The van der Waals surface area contributed by atoms with E-state index < -0.39 is 0 Å². The molecule has 4 rings (SSSR count). The molecule has 0 spiro atoms. The van der Waals surface area contributed by atoms with E-state index in [0.29, 0.717) is 0 Å². The molecule has 2 aromatic carbocycles. The molecule has 1 aliphatic rings. The van der Waals surface area contributed by atoms with Gasteiger partial charge in [-0.2, -0.15) is 0 Å². The molecule has 4 heteroatoms. The van der Waals surface area contributed by atoms with Crippen LogP contribution in [0.25, 0.3) is 10.8 Å². The number of hydrogen-bond acceptors (Lipinski definition) is 3. The Morgan fingerprint density at radius 1 is 1.09 bits per heavy atom. The van der Waals surface area contributed by atoms with Crippen LogP contribution >= 0.6 is 12.4 Å². The van der Waals surface area contributed by atoms with E-state index >= 15 is 0 Å². The van der Waals surface area contributed by atoms with Crippen molar-refractivity contribution >= 4 is 23.2 Å². The van der Waals surface area contributed by atoms with Gasteiger partial charge in [-0.25, -0.2) is 0 Å². The molecule has 120 valence electrons. The average Bonchev–Trinajstić information content (AvgIpc) is 2.87. The standard InChI is InChI=1S/C19H19NO2.ClH/c1-13-9-17-18(21-13)11-20(2)12-19(17)22-16-8-7-14-5-3-4-6-15(14)10-16;/h3-10,19H,11-12H2,1-2H3;1H. The topological polar surface area (TPSA) is 25.6 Å². The van der Waals surface area contributed by atoms with E-state index in [1.165, 1.54) is 16.3 Å². The summed E-state index contributed by atoms with van der Waals surface area (Å²) in [5, 5.41) is 2.43. The Morgan fingerprint density at radius 3 is 2.70 bits per heavy atom. The van der Waals surface area contributed by atoms with Gasteiger partial charge in [0.15, 0.2) is 0 Å². The summed E-state index contributed by atoms with van der Waals surface area (Å²) in [7, 11) is 2.09. The third-order valence-corrected chi connectivity index (χ3v) is 4.20. The Labute approximate surface area is 142 Å². The number of benzene rings is 2. The van der Waals surface area contributed by atoms with Crippen LogP contribution in [0.4, 0.5) is 0 Å². The molecule has 0 radical (unpaired) electrons. The highest BCUT2D eigenvalue weighted by molar-refractivity contribution is 5.85. The number of halogens is 1. The van der Waals surface area contributed by atoms with E-state index in [-0.39, 0.29) is 18.5 Å². The van der Waals surface area contributed by atoms with Gasteiger partial charge in [-0.1, -0.05) is 30.3 Å². The van der Waals surface area contributed by atoms with E-state index in [4.69, 9.17) is 9.15 Å². The van der Waals surface area contributed by atoms with Crippen molar-refractivity contribution in [2.45, 2.75) is 19.6 Å². The predicted molar refractivity (Wildman–Crippen MR) is 94.3 cm³/mol. The van der Waals surface area contributed by atoms with E-state index in [1.807, 2.05) is 13.0 Å². The fourth-order valence-corrected chi connectivity index (χ4v) is 3.18. The number of nitrogens with zero attached hydrogens (tertiary/aromatic N) is 1. The number of hydrogen-bond donors (Lipinski definition) is 0. The van der Waals surface area contributed by atoms with Gasteiger partial charge < -0.3 is 9.15 Å². The summed E-state index contributed by atoms with van der Waals surface area (Å²) < 4.78 is 12.1. The smallest absolute Gasteiger partial charge is 0.140 e. The van der Waals surface area contributed by atoms with Gasteiger partial charge >= 0.3 is 0 Å². The molecule has 0 bridgehead atoms. The summed E-state index contributed by atoms with van der Waals surface area (Å²) in [4.78, 5) is 2.23. The van der Waals surface area contributed by atoms with Crippen molar-refractivity contribution in [1.29, 1.82) is 0 Å². The average molecular weight is 330 g/mol. The quantitative estimate of drug-likeness (QED) is 0.679. The molecule has 1 unspecified atom stereocenters. The number of aryl methyl sites for hydroxylation is 1. The zero-order valence-electron chi connectivity index (χ0n) is 13.3. The second-order valence-electron chi connectivity index (χ2n) is 6.05. The van der Waals surface area contributed by atoms with Crippen LogP contribution in [0.15, 0.2) is 52.9 Å². The van der Waals surface area contributed by atoms with Crippen molar-refractivity contribution in [3.63, 3.8) is 0 Å². The summed E-state index contributed by atoms with van der Waals surface area (Å²) in [6.07, 6.45) is 0.0207. The third kappa shape index (κ3) is 3.07. The molecule has 1 aliphatic heterocycles. The van der Waals surface area contributed by atoms with Gasteiger partial charge in [0.05, 0.1) is 6.54 Å². The van der Waals surface area contributed by atoms with E-state index in [0.717, 1.165) is 30.4 Å². The first-order valence-electron chi connectivity index (χ1n) is 7.62. The molecule has 23 heavy (non-hydrogen) atoms. The van der Waals surface area contributed by atoms with E-state index in [9.17, 15) is 0 Å². The predicted octanol–water partition coefficient (Wildman–Crippen LogP) is 4.73. The third-order valence-electron chi connectivity index (χ3n) is 4.20. The highest BCUT2D eigenvalue weighted by Crippen LogP contribution is 2.33. The molecule has 0 amide bonds. The molecule has 1 aromatic heterocycles. The van der Waals surface area contributed by atoms with E-state index in [1.54, 1.807) is 0 Å². The monoisotopic (exact) mass is 329 g/mol. The fourth-order valence-electron chi connectivity index (χ4n) is 3.18. The Morgan fingerprint density at radius 2 is 1.87 bits per heavy atom. The summed E-state index contributed by atoms with van der Waals surface area (Å²) >= 11 is 0. The van der Waals surface area contributed by atoms with Gasteiger partial charge in [-0.05, 0) is 42.9 Å². The largest absolute Gasteiger partial charge is 0.484 e. The van der Waals surface area contributed by atoms with Crippen molar-refractivity contribution in [2.75, 3.05) is 13.6 Å². The minimum atomic E-state index is 0. The lowest BCUT2D eigenvalue weighted by molar-refractivity contribution is 0.120. The molecule has 0 saturated carbocycles. The van der Waals surface area contributed by atoms with Crippen molar-refractivity contribution in [1.82, 2.24) is 4.90 Å². The second-order valence-corrected chi connectivity index (χ2v) is 6.05. The first-order chi connectivity index (χ1) is 10.7. The second kappa shape index (κ2) is 6.26. The van der Waals surface area contributed by atoms with Crippen LogP contribution in [-0.2, 0) is 6.54 Å². The number of furan rings is 1. The minimum Gasteiger partial charge on any atom is -0.484 e. The van der Waals surface area contributed by atoms with Crippen LogP contribution in [0, 0.1) is 6.92 Å². The van der Waals surface area contributed by atoms with Gasteiger partial charge in [0.2, 0.25) is 0 Å². The highest BCUT2D eigenvalue weighted by Gasteiger charge is 2.28. The summed E-state index contributed by atoms with van der Waals surface area (Å²) in [5.41, 5.74) is 1.18. The van der Waals surface area contributed by atoms with Crippen LogP contribution in [-0.4, -0.2) is 18.5 Å². The lowest BCUT2D eigenvalue weighted by atomic mass is 10.0. The number of rotatable bonds is 2. The molecule has 2 heterocycles. The Bertz CT molecular complexity index is 827. The SMILES string of the molecule is Cc1cc2c(o1)CN(C)CC2Oc1ccc2ccccc2c1.Cl. The first-order valence-corrected chi connectivity index (χ1v) is 7.62. The van der Waals surface area contributed by atoms with Crippen LogP contribution in [0.1, 0.15) is 23.2 Å². The molecule has 1 atom stereocenters. The molecular weight excluding hydrogens is 310 g/mol. The van der Waals surface area contributed by atoms with Gasteiger partial charge in [-0.3, -0.25) is 4.90 Å². The van der Waals surface area contributed by atoms with Gasteiger partial charge in [0.25, 0.3) is 0 Å². The number of likely N-dealkylation sites (N-methyl/N-ethyl adjacent to an activating group) is 1. The molecule has 3 aromatic rings. The zero-order valence-corrected chi connectivity index (χ0v) is 14.1. The van der Waals surface area contributed by atoms with Gasteiger partial charge in [0, 0.05) is 12.1 Å². The van der Waals surface area contributed by atoms with Crippen molar-refractivity contribution in [3.05, 3.63) is 65.6 Å². The maximum atomic E-state index is 6.27. The maximum absolute atomic E-state index is 6.27. The van der Waals surface area contributed by atoms with Crippen LogP contribution in [0.5, 0.6) is 5.75 Å². The number of ether oxygens (including phenoxy) is 1. The number of fused-ring (bicyclic) bond motifs is 2. The minimum absolute atomic E-state index is 0. The lowest BCUT2D eigenvalue weighted by Gasteiger charge is -2.29. The van der Waals surface area contributed by atoms with Crippen LogP contribution in [0.3, 0.4) is 0 Å². The van der Waals surface area contributed by atoms with Gasteiger partial charge in [0.1, 0.15) is 23.4 Å².